The number of fused-ring (bicyclic) bond motifs is 1. The summed E-state index contributed by atoms with van der Waals surface area (Å²) < 4.78 is 10.8. The molecule has 7 heteroatoms. The Kier molecular flexibility index (Phi) is 5.40. The van der Waals surface area contributed by atoms with Crippen LogP contribution in [0.1, 0.15) is 18.4 Å². The van der Waals surface area contributed by atoms with Crippen molar-refractivity contribution in [1.29, 1.82) is 0 Å². The summed E-state index contributed by atoms with van der Waals surface area (Å²) in [6.45, 7) is 2.74. The summed E-state index contributed by atoms with van der Waals surface area (Å²) >= 11 is 0. The molecule has 1 fully saturated rings. The van der Waals surface area contributed by atoms with Crippen molar-refractivity contribution in [3.05, 3.63) is 48.0 Å². The lowest BCUT2D eigenvalue weighted by molar-refractivity contribution is 0.322. The molecule has 0 bridgehead atoms. The lowest BCUT2D eigenvalue weighted by atomic mass is 9.73. The third-order valence-electron chi connectivity index (χ3n) is 5.76. The number of hydrogen-bond donors (Lipinski definition) is 3. The van der Waals surface area contributed by atoms with Crippen LogP contribution in [0.25, 0.3) is 10.9 Å². The molecule has 0 spiro atoms. The van der Waals surface area contributed by atoms with Crippen LogP contribution in [0.15, 0.2) is 42.5 Å². The Morgan fingerprint density at radius 2 is 1.72 bits per heavy atom. The van der Waals surface area contributed by atoms with E-state index in [1.54, 1.807) is 14.2 Å². The van der Waals surface area contributed by atoms with Gasteiger partial charge in [0.15, 0.2) is 11.5 Å². The van der Waals surface area contributed by atoms with Crippen LogP contribution >= 0.6 is 0 Å². The first-order valence-corrected chi connectivity index (χ1v) is 9.84. The topological polar surface area (TPSA) is 94.3 Å². The molecule has 1 saturated heterocycles. The molecule has 4 N–H and O–H groups in total. The zero-order chi connectivity index (χ0) is 20.3. The fourth-order valence-electron chi connectivity index (χ4n) is 4.07. The Labute approximate surface area is 170 Å². The molecule has 152 valence electrons. The van der Waals surface area contributed by atoms with Crippen LogP contribution in [0.2, 0.25) is 0 Å². The summed E-state index contributed by atoms with van der Waals surface area (Å²) in [5.41, 5.74) is 8.33. The van der Waals surface area contributed by atoms with Crippen molar-refractivity contribution >= 4 is 22.7 Å². The van der Waals surface area contributed by atoms with Gasteiger partial charge in [0.05, 0.1) is 19.7 Å². The van der Waals surface area contributed by atoms with Gasteiger partial charge < -0.3 is 25.8 Å². The number of nitrogens with zero attached hydrogens (tertiary/aromatic N) is 2. The Hall–Kier alpha value is -3.06. The number of rotatable bonds is 6. The van der Waals surface area contributed by atoms with Gasteiger partial charge in [-0.1, -0.05) is 30.3 Å². The smallest absolute Gasteiger partial charge is 0.225 e. The Morgan fingerprint density at radius 1 is 1.03 bits per heavy atom. The van der Waals surface area contributed by atoms with Crippen LogP contribution in [0, 0.1) is 0 Å². The quantitative estimate of drug-likeness (QED) is 0.593. The van der Waals surface area contributed by atoms with Gasteiger partial charge in [-0.05, 0) is 37.6 Å². The summed E-state index contributed by atoms with van der Waals surface area (Å²) in [4.78, 5) is 9.16. The van der Waals surface area contributed by atoms with Gasteiger partial charge in [-0.2, -0.15) is 4.98 Å². The first-order chi connectivity index (χ1) is 14.1. The largest absolute Gasteiger partial charge is 0.493 e. The van der Waals surface area contributed by atoms with Gasteiger partial charge in [-0.3, -0.25) is 0 Å². The van der Waals surface area contributed by atoms with Crippen molar-refractivity contribution < 1.29 is 9.47 Å². The lowest BCUT2D eigenvalue weighted by Crippen LogP contribution is -2.44. The minimum atomic E-state index is 0.0389. The van der Waals surface area contributed by atoms with Crippen LogP contribution in [0.3, 0.4) is 0 Å². The van der Waals surface area contributed by atoms with Crippen LogP contribution in [0.4, 0.5) is 11.8 Å². The summed E-state index contributed by atoms with van der Waals surface area (Å²) in [5.74, 6) is 2.16. The van der Waals surface area contributed by atoms with Crippen molar-refractivity contribution in [2.75, 3.05) is 44.9 Å². The first kappa shape index (κ1) is 19.3. The van der Waals surface area contributed by atoms with Gasteiger partial charge in [-0.25, -0.2) is 4.98 Å². The van der Waals surface area contributed by atoms with Crippen LogP contribution in [0.5, 0.6) is 11.5 Å². The van der Waals surface area contributed by atoms with E-state index in [0.29, 0.717) is 23.3 Å². The van der Waals surface area contributed by atoms with E-state index in [4.69, 9.17) is 15.2 Å². The second-order valence-electron chi connectivity index (χ2n) is 7.41. The highest BCUT2D eigenvalue weighted by Gasteiger charge is 2.33. The summed E-state index contributed by atoms with van der Waals surface area (Å²) in [6.07, 6.45) is 2.11. The molecule has 0 radical (unpaired) electrons. The van der Waals surface area contributed by atoms with Gasteiger partial charge in [0.25, 0.3) is 0 Å². The zero-order valence-electron chi connectivity index (χ0n) is 16.9. The SMILES string of the molecule is COc1cc2nc(NCC3(c4ccccc4)CCNCC3)nc(N)c2cc1OC. The molecule has 3 aromatic rings. The van der Waals surface area contributed by atoms with Crippen molar-refractivity contribution in [3.8, 4) is 11.5 Å². The molecule has 0 unspecified atom stereocenters. The van der Waals surface area contributed by atoms with E-state index >= 15 is 0 Å². The van der Waals surface area contributed by atoms with Gasteiger partial charge in [-0.15, -0.1) is 0 Å². The van der Waals surface area contributed by atoms with Crippen LogP contribution in [-0.4, -0.2) is 43.8 Å². The first-order valence-electron chi connectivity index (χ1n) is 9.84. The number of ether oxygens (including phenoxy) is 2. The number of nitrogens with two attached hydrogens (primary N) is 1. The maximum atomic E-state index is 6.23. The summed E-state index contributed by atoms with van der Waals surface area (Å²) in [7, 11) is 3.20. The number of methoxy groups -OCH3 is 2. The van der Waals surface area contributed by atoms with Crippen LogP contribution in [-0.2, 0) is 5.41 Å². The monoisotopic (exact) mass is 393 g/mol. The van der Waals surface area contributed by atoms with E-state index in [0.717, 1.165) is 43.4 Å². The van der Waals surface area contributed by atoms with E-state index in [1.807, 2.05) is 12.1 Å². The summed E-state index contributed by atoms with van der Waals surface area (Å²) in [5, 5.41) is 7.65. The summed E-state index contributed by atoms with van der Waals surface area (Å²) in [6, 6.07) is 14.3. The lowest BCUT2D eigenvalue weighted by Gasteiger charge is -2.38. The Morgan fingerprint density at radius 3 is 2.41 bits per heavy atom. The van der Waals surface area contributed by atoms with Crippen molar-refractivity contribution in [2.24, 2.45) is 0 Å². The highest BCUT2D eigenvalue weighted by atomic mass is 16.5. The van der Waals surface area contributed by atoms with Gasteiger partial charge in [0.2, 0.25) is 5.95 Å². The van der Waals surface area contributed by atoms with E-state index in [1.165, 1.54) is 5.56 Å². The van der Waals surface area contributed by atoms with Gasteiger partial charge in [0.1, 0.15) is 5.82 Å². The molecule has 0 amide bonds. The molecular formula is C22H27N5O2. The van der Waals surface area contributed by atoms with E-state index in [2.05, 4.69) is 50.9 Å². The Balaban J connectivity index is 1.64. The molecule has 1 aromatic heterocycles. The van der Waals surface area contributed by atoms with Crippen molar-refractivity contribution in [3.63, 3.8) is 0 Å². The molecule has 1 aliphatic heterocycles. The third-order valence-corrected chi connectivity index (χ3v) is 5.76. The molecule has 0 saturated carbocycles. The minimum Gasteiger partial charge on any atom is -0.493 e. The number of benzene rings is 2. The fourth-order valence-corrected chi connectivity index (χ4v) is 4.07. The predicted octanol–water partition coefficient (Wildman–Crippen LogP) is 2.96. The number of anilines is 2. The van der Waals surface area contributed by atoms with Crippen molar-refractivity contribution in [2.45, 2.75) is 18.3 Å². The number of nitrogen functional groups attached to an aromatic ring is 1. The number of aromatic nitrogens is 2. The van der Waals surface area contributed by atoms with Crippen molar-refractivity contribution in [1.82, 2.24) is 15.3 Å². The van der Waals surface area contributed by atoms with Gasteiger partial charge in [0, 0.05) is 23.4 Å². The zero-order valence-corrected chi connectivity index (χ0v) is 16.9. The molecule has 2 aromatic carbocycles. The predicted molar refractivity (Wildman–Crippen MR) is 116 cm³/mol. The maximum Gasteiger partial charge on any atom is 0.225 e. The van der Waals surface area contributed by atoms with E-state index in [9.17, 15) is 0 Å². The molecule has 4 rings (SSSR count). The molecular weight excluding hydrogens is 366 g/mol. The average Bonchev–Trinajstić information content (AvgIpc) is 2.78. The normalized spacial score (nSPS) is 15.8. The highest BCUT2D eigenvalue weighted by Crippen LogP contribution is 2.35. The molecule has 29 heavy (non-hydrogen) atoms. The molecule has 1 aliphatic rings. The van der Waals surface area contributed by atoms with Gasteiger partial charge >= 0.3 is 0 Å². The number of piperidine rings is 1. The second-order valence-corrected chi connectivity index (χ2v) is 7.41. The third kappa shape index (κ3) is 3.78. The number of hydrogen-bond acceptors (Lipinski definition) is 7. The number of nitrogens with one attached hydrogen (secondary N) is 2. The van der Waals surface area contributed by atoms with E-state index in [-0.39, 0.29) is 5.41 Å². The van der Waals surface area contributed by atoms with E-state index < -0.39 is 0 Å². The second kappa shape index (κ2) is 8.13. The maximum absolute atomic E-state index is 6.23. The molecule has 7 nitrogen and oxygen atoms in total. The Bertz CT molecular complexity index is 987. The molecule has 2 heterocycles. The highest BCUT2D eigenvalue weighted by molar-refractivity contribution is 5.91. The average molecular weight is 393 g/mol. The standard InChI is InChI=1S/C22H27N5O2/c1-28-18-12-16-17(13-19(18)29-2)26-21(27-20(16)23)25-14-22(8-10-24-11-9-22)15-6-4-3-5-7-15/h3-7,12-13,24H,8-11,14H2,1-2H3,(H3,23,25,26,27). The molecule has 0 atom stereocenters. The van der Waals surface area contributed by atoms with Crippen LogP contribution < -0.4 is 25.8 Å². The minimum absolute atomic E-state index is 0.0389. The fraction of sp³-hybridized carbons (Fsp3) is 0.364. The molecule has 0 aliphatic carbocycles.